The van der Waals surface area contributed by atoms with E-state index in [1.165, 1.54) is 15.3 Å². The van der Waals surface area contributed by atoms with Crippen LogP contribution in [-0.2, 0) is 28.6 Å². The molecule has 0 amide bonds. The number of ether oxygens (including phenoxy) is 3. The van der Waals surface area contributed by atoms with E-state index in [1.807, 2.05) is 17.4 Å². The van der Waals surface area contributed by atoms with Gasteiger partial charge in [-0.25, -0.2) is 0 Å². The molecule has 2 aromatic rings. The van der Waals surface area contributed by atoms with Crippen molar-refractivity contribution in [3.8, 4) is 11.9 Å². The van der Waals surface area contributed by atoms with E-state index in [0.717, 1.165) is 18.5 Å². The Bertz CT molecular complexity index is 786. The first-order chi connectivity index (χ1) is 12.6. The van der Waals surface area contributed by atoms with Crippen molar-refractivity contribution in [2.45, 2.75) is 71.0 Å². The fourth-order valence-corrected chi connectivity index (χ4v) is 4.65. The van der Waals surface area contributed by atoms with Crippen LogP contribution in [0.5, 0.6) is 11.9 Å². The lowest BCUT2D eigenvalue weighted by Gasteiger charge is -2.31. The van der Waals surface area contributed by atoms with E-state index < -0.39 is 0 Å². The molecule has 1 aliphatic heterocycles. The summed E-state index contributed by atoms with van der Waals surface area (Å²) in [7, 11) is 3.18. The maximum absolute atomic E-state index is 6.20. The van der Waals surface area contributed by atoms with Gasteiger partial charge >= 0.3 is 6.01 Å². The molecule has 1 atom stereocenters. The van der Waals surface area contributed by atoms with Crippen molar-refractivity contribution in [3.63, 3.8) is 0 Å². The van der Waals surface area contributed by atoms with Gasteiger partial charge in [-0.3, -0.25) is 0 Å². The van der Waals surface area contributed by atoms with Crippen LogP contribution in [0.2, 0.25) is 0 Å². The van der Waals surface area contributed by atoms with E-state index in [1.54, 1.807) is 14.2 Å². The quantitative estimate of drug-likeness (QED) is 0.743. The van der Waals surface area contributed by atoms with Crippen molar-refractivity contribution >= 4 is 11.3 Å². The monoisotopic (exact) mass is 390 g/mol. The van der Waals surface area contributed by atoms with Gasteiger partial charge in [0.2, 0.25) is 5.88 Å². The minimum Gasteiger partial charge on any atom is -0.481 e. The van der Waals surface area contributed by atoms with Gasteiger partial charge in [0.1, 0.15) is 0 Å². The van der Waals surface area contributed by atoms with E-state index in [-0.39, 0.29) is 16.9 Å². The van der Waals surface area contributed by atoms with E-state index in [0.29, 0.717) is 18.5 Å². The van der Waals surface area contributed by atoms with Crippen LogP contribution in [-0.4, -0.2) is 30.3 Å². The number of hydrogen-bond donors (Lipinski definition) is 0. The fraction of sp³-hybridized carbons (Fsp3) is 0.619. The van der Waals surface area contributed by atoms with Gasteiger partial charge in [0, 0.05) is 27.7 Å². The fourth-order valence-electron chi connectivity index (χ4n) is 3.36. The molecule has 0 fully saturated rings. The number of nitrogens with zero attached hydrogens (tertiary/aromatic N) is 2. The minimum absolute atomic E-state index is 0.172. The second kappa shape index (κ2) is 7.40. The standard InChI is InChI=1S/C21H30N2O3S/c1-20(2,3)17-8-13-12-26-14(9-15(13)27-17)11-21(4,5)16-10-18(24-6)23-19(22-16)25-7/h8,10,14H,9,11-12H2,1-7H3. The van der Waals surface area contributed by atoms with E-state index in [9.17, 15) is 0 Å². The average Bonchev–Trinajstić information content (AvgIpc) is 3.04. The SMILES string of the molecule is COc1cc(C(C)(C)CC2Cc3sc(C(C)(C)C)cc3CO2)nc(OC)n1. The summed E-state index contributed by atoms with van der Waals surface area (Å²) in [5.41, 5.74) is 2.26. The highest BCUT2D eigenvalue weighted by atomic mass is 32.1. The predicted molar refractivity (Wildman–Crippen MR) is 108 cm³/mol. The van der Waals surface area contributed by atoms with Crippen LogP contribution in [0.4, 0.5) is 0 Å². The maximum Gasteiger partial charge on any atom is 0.319 e. The lowest BCUT2D eigenvalue weighted by atomic mass is 9.81. The molecule has 27 heavy (non-hydrogen) atoms. The highest BCUT2D eigenvalue weighted by molar-refractivity contribution is 7.12. The number of methoxy groups -OCH3 is 2. The van der Waals surface area contributed by atoms with Crippen molar-refractivity contribution in [3.05, 3.63) is 33.1 Å². The Morgan fingerprint density at radius 1 is 1.11 bits per heavy atom. The number of aromatic nitrogens is 2. The first kappa shape index (κ1) is 20.1. The number of fused-ring (bicyclic) bond motifs is 1. The molecular formula is C21H30N2O3S. The zero-order valence-corrected chi connectivity index (χ0v) is 18.2. The summed E-state index contributed by atoms with van der Waals surface area (Å²) in [5, 5.41) is 0. The zero-order chi connectivity index (χ0) is 19.8. The van der Waals surface area contributed by atoms with Crippen molar-refractivity contribution < 1.29 is 14.2 Å². The summed E-state index contributed by atoms with van der Waals surface area (Å²) in [6, 6.07) is 4.54. The van der Waals surface area contributed by atoms with Crippen LogP contribution in [0.15, 0.2) is 12.1 Å². The third-order valence-corrected chi connectivity index (χ3v) is 6.65. The number of thiophene rings is 1. The molecule has 1 aliphatic rings. The van der Waals surface area contributed by atoms with Crippen LogP contribution in [0.3, 0.4) is 0 Å². The second-order valence-corrected chi connectivity index (χ2v) is 9.95. The Morgan fingerprint density at radius 2 is 1.85 bits per heavy atom. The van der Waals surface area contributed by atoms with Crippen molar-refractivity contribution in [2.75, 3.05) is 14.2 Å². The third-order valence-electron chi connectivity index (χ3n) is 5.03. The highest BCUT2D eigenvalue weighted by Gasteiger charge is 2.32. The molecule has 0 saturated heterocycles. The molecular weight excluding hydrogens is 360 g/mol. The van der Waals surface area contributed by atoms with Crippen LogP contribution in [0, 0.1) is 0 Å². The van der Waals surface area contributed by atoms with E-state index >= 15 is 0 Å². The smallest absolute Gasteiger partial charge is 0.319 e. The average molecular weight is 391 g/mol. The minimum atomic E-state index is -0.185. The molecule has 148 valence electrons. The molecule has 0 aliphatic carbocycles. The molecule has 5 nitrogen and oxygen atoms in total. The maximum atomic E-state index is 6.20. The molecule has 2 aromatic heterocycles. The molecule has 6 heteroatoms. The lowest BCUT2D eigenvalue weighted by Crippen LogP contribution is -2.31. The summed E-state index contributed by atoms with van der Waals surface area (Å²) in [5.74, 6) is 0.518. The Balaban J connectivity index is 1.78. The van der Waals surface area contributed by atoms with Gasteiger partial charge in [-0.2, -0.15) is 9.97 Å². The van der Waals surface area contributed by atoms with E-state index in [4.69, 9.17) is 14.2 Å². The Hall–Kier alpha value is -1.66. The lowest BCUT2D eigenvalue weighted by molar-refractivity contribution is 0.0122. The molecule has 0 radical (unpaired) electrons. The second-order valence-electron chi connectivity index (χ2n) is 8.82. The Morgan fingerprint density at radius 3 is 2.48 bits per heavy atom. The summed E-state index contributed by atoms with van der Waals surface area (Å²) >= 11 is 1.93. The van der Waals surface area contributed by atoms with Gasteiger partial charge in [0.05, 0.1) is 32.6 Å². The molecule has 1 unspecified atom stereocenters. The molecule has 0 saturated carbocycles. The molecule has 0 aromatic carbocycles. The molecule has 3 rings (SSSR count). The van der Waals surface area contributed by atoms with Crippen LogP contribution < -0.4 is 9.47 Å². The van der Waals surface area contributed by atoms with Crippen LogP contribution >= 0.6 is 11.3 Å². The normalized spacial score (nSPS) is 17.5. The van der Waals surface area contributed by atoms with Gasteiger partial charge in [-0.05, 0) is 23.5 Å². The molecule has 0 N–H and O–H groups in total. The van der Waals surface area contributed by atoms with Gasteiger partial charge < -0.3 is 14.2 Å². The summed E-state index contributed by atoms with van der Waals surface area (Å²) in [4.78, 5) is 11.6. The molecule has 0 bridgehead atoms. The van der Waals surface area contributed by atoms with Crippen LogP contribution in [0.1, 0.15) is 62.1 Å². The van der Waals surface area contributed by atoms with Crippen LogP contribution in [0.25, 0.3) is 0 Å². The Labute approximate surface area is 166 Å². The van der Waals surface area contributed by atoms with Crippen molar-refractivity contribution in [1.29, 1.82) is 0 Å². The summed E-state index contributed by atoms with van der Waals surface area (Å²) < 4.78 is 16.7. The molecule has 0 spiro atoms. The molecule has 3 heterocycles. The topological polar surface area (TPSA) is 53.5 Å². The van der Waals surface area contributed by atoms with Gasteiger partial charge in [0.25, 0.3) is 0 Å². The van der Waals surface area contributed by atoms with Crippen molar-refractivity contribution in [1.82, 2.24) is 9.97 Å². The largest absolute Gasteiger partial charge is 0.481 e. The van der Waals surface area contributed by atoms with Gasteiger partial charge in [-0.1, -0.05) is 34.6 Å². The third kappa shape index (κ3) is 4.43. The van der Waals surface area contributed by atoms with Crippen molar-refractivity contribution in [2.24, 2.45) is 0 Å². The first-order valence-corrected chi connectivity index (χ1v) is 10.2. The number of hydrogen-bond acceptors (Lipinski definition) is 6. The number of rotatable bonds is 5. The summed E-state index contributed by atoms with van der Waals surface area (Å²) in [6.07, 6.45) is 2.00. The predicted octanol–water partition coefficient (Wildman–Crippen LogP) is 4.66. The zero-order valence-electron chi connectivity index (χ0n) is 17.4. The summed E-state index contributed by atoms with van der Waals surface area (Å²) in [6.45, 7) is 11.9. The highest BCUT2D eigenvalue weighted by Crippen LogP contribution is 2.39. The van der Waals surface area contributed by atoms with E-state index in [2.05, 4.69) is 50.7 Å². The Kier molecular flexibility index (Phi) is 5.50. The van der Waals surface area contributed by atoms with Gasteiger partial charge in [-0.15, -0.1) is 11.3 Å². The first-order valence-electron chi connectivity index (χ1n) is 9.33. The van der Waals surface area contributed by atoms with Gasteiger partial charge in [0.15, 0.2) is 0 Å².